The van der Waals surface area contributed by atoms with Gasteiger partial charge >= 0.3 is 0 Å². The Morgan fingerprint density at radius 1 is 1.08 bits per heavy atom. The van der Waals surface area contributed by atoms with Crippen molar-refractivity contribution in [3.05, 3.63) is 58.8 Å². The van der Waals surface area contributed by atoms with Crippen LogP contribution >= 0.6 is 0 Å². The van der Waals surface area contributed by atoms with Crippen molar-refractivity contribution in [3.63, 3.8) is 0 Å². The average molecular weight is 331 g/mol. The molecule has 1 spiro atoms. The van der Waals surface area contributed by atoms with E-state index in [0.29, 0.717) is 36.2 Å². The van der Waals surface area contributed by atoms with Gasteiger partial charge in [0.1, 0.15) is 0 Å². The number of fused-ring (bicyclic) bond motifs is 8. The molecule has 2 fully saturated rings. The highest BCUT2D eigenvalue weighted by Crippen LogP contribution is 2.65. The SMILES string of the molecule is O=C1C2CCC3CC2C2(OCC4=C(C5C=CC4C5)N12)c1ccccc13. The van der Waals surface area contributed by atoms with E-state index in [9.17, 15) is 4.79 Å². The summed E-state index contributed by atoms with van der Waals surface area (Å²) in [6, 6.07) is 8.78. The Hall–Kier alpha value is -1.87. The third-order valence-electron chi connectivity index (χ3n) is 7.91. The second kappa shape index (κ2) is 4.09. The first kappa shape index (κ1) is 13.3. The van der Waals surface area contributed by atoms with Gasteiger partial charge in [0, 0.05) is 34.9 Å². The zero-order chi connectivity index (χ0) is 16.3. The number of carbonyl (C=O) groups excluding carboxylic acids is 1. The van der Waals surface area contributed by atoms with Crippen LogP contribution in [0.15, 0.2) is 47.7 Å². The molecule has 7 rings (SSSR count). The predicted molar refractivity (Wildman–Crippen MR) is 92.3 cm³/mol. The molecule has 3 nitrogen and oxygen atoms in total. The summed E-state index contributed by atoms with van der Waals surface area (Å²) in [7, 11) is 0. The fraction of sp³-hybridized carbons (Fsp3) is 0.500. The van der Waals surface area contributed by atoms with E-state index in [1.165, 1.54) is 22.4 Å². The lowest BCUT2D eigenvalue weighted by Gasteiger charge is -2.52. The van der Waals surface area contributed by atoms with E-state index in [0.717, 1.165) is 25.7 Å². The monoisotopic (exact) mass is 331 g/mol. The van der Waals surface area contributed by atoms with Crippen LogP contribution in [0, 0.1) is 23.7 Å². The van der Waals surface area contributed by atoms with Crippen LogP contribution < -0.4 is 0 Å². The fourth-order valence-electron chi connectivity index (χ4n) is 6.99. The molecule has 0 aromatic heterocycles. The lowest BCUT2D eigenvalue weighted by Crippen LogP contribution is -2.54. The second-order valence-electron chi connectivity index (χ2n) is 8.71. The van der Waals surface area contributed by atoms with Gasteiger partial charge in [0.2, 0.25) is 5.91 Å². The van der Waals surface area contributed by atoms with Crippen LogP contribution in [0.2, 0.25) is 0 Å². The molecule has 4 aliphatic carbocycles. The summed E-state index contributed by atoms with van der Waals surface area (Å²) in [5.74, 6) is 2.35. The number of allylic oxidation sites excluding steroid dienone is 2. The maximum Gasteiger partial charge on any atom is 0.232 e. The topological polar surface area (TPSA) is 29.5 Å². The van der Waals surface area contributed by atoms with E-state index in [1.807, 2.05) is 0 Å². The van der Waals surface area contributed by atoms with Gasteiger partial charge in [0.15, 0.2) is 5.72 Å². The van der Waals surface area contributed by atoms with Gasteiger partial charge in [-0.05, 0) is 42.7 Å². The molecule has 25 heavy (non-hydrogen) atoms. The van der Waals surface area contributed by atoms with E-state index < -0.39 is 5.72 Å². The van der Waals surface area contributed by atoms with Crippen molar-refractivity contribution >= 4 is 5.91 Å². The van der Waals surface area contributed by atoms with Crippen molar-refractivity contribution in [2.75, 3.05) is 6.61 Å². The molecule has 6 aliphatic rings. The van der Waals surface area contributed by atoms with E-state index >= 15 is 0 Å². The van der Waals surface area contributed by atoms with Crippen molar-refractivity contribution in [3.8, 4) is 0 Å². The van der Waals surface area contributed by atoms with Crippen LogP contribution in [0.25, 0.3) is 0 Å². The highest BCUT2D eigenvalue weighted by molar-refractivity contribution is 5.86. The molecule has 126 valence electrons. The zero-order valence-electron chi connectivity index (χ0n) is 14.2. The van der Waals surface area contributed by atoms with Gasteiger partial charge in [-0.1, -0.05) is 36.4 Å². The van der Waals surface area contributed by atoms with Crippen molar-refractivity contribution in [1.29, 1.82) is 0 Å². The van der Waals surface area contributed by atoms with Crippen LogP contribution in [-0.2, 0) is 15.3 Å². The summed E-state index contributed by atoms with van der Waals surface area (Å²) in [5.41, 5.74) is 4.88. The van der Waals surface area contributed by atoms with Crippen LogP contribution in [0.3, 0.4) is 0 Å². The third kappa shape index (κ3) is 1.30. The van der Waals surface area contributed by atoms with Crippen molar-refractivity contribution < 1.29 is 9.53 Å². The molecule has 2 heterocycles. The Bertz CT molecular complexity index is 899. The summed E-state index contributed by atoms with van der Waals surface area (Å²) in [4.78, 5) is 15.7. The number of benzene rings is 1. The van der Waals surface area contributed by atoms with Crippen molar-refractivity contribution in [2.45, 2.75) is 37.3 Å². The minimum atomic E-state index is -0.521. The Labute approximate surface area is 147 Å². The normalized spacial score (nSPS) is 44.9. The molecular weight excluding hydrogens is 310 g/mol. The van der Waals surface area contributed by atoms with Gasteiger partial charge in [-0.25, -0.2) is 0 Å². The Balaban J connectivity index is 1.53. The summed E-state index contributed by atoms with van der Waals surface area (Å²) < 4.78 is 6.72. The van der Waals surface area contributed by atoms with Gasteiger partial charge < -0.3 is 4.74 Å². The van der Waals surface area contributed by atoms with Crippen LogP contribution in [0.1, 0.15) is 42.7 Å². The van der Waals surface area contributed by atoms with E-state index in [1.54, 1.807) is 0 Å². The Morgan fingerprint density at radius 2 is 1.96 bits per heavy atom. The lowest BCUT2D eigenvalue weighted by molar-refractivity contribution is -0.182. The first-order valence-corrected chi connectivity index (χ1v) is 9.77. The first-order chi connectivity index (χ1) is 12.3. The van der Waals surface area contributed by atoms with Crippen LogP contribution in [0.5, 0.6) is 0 Å². The Kier molecular flexibility index (Phi) is 2.19. The molecular formula is C22H21NO2. The van der Waals surface area contributed by atoms with Crippen LogP contribution in [0.4, 0.5) is 0 Å². The van der Waals surface area contributed by atoms with Crippen molar-refractivity contribution in [2.24, 2.45) is 23.7 Å². The quantitative estimate of drug-likeness (QED) is 0.679. The molecule has 1 saturated carbocycles. The van der Waals surface area contributed by atoms with Gasteiger partial charge in [0.05, 0.1) is 6.61 Å². The number of rotatable bonds is 0. The van der Waals surface area contributed by atoms with E-state index in [2.05, 4.69) is 41.3 Å². The summed E-state index contributed by atoms with van der Waals surface area (Å²) in [6.45, 7) is 0.701. The fourth-order valence-corrected chi connectivity index (χ4v) is 6.99. The predicted octanol–water partition coefficient (Wildman–Crippen LogP) is 3.69. The molecule has 3 heteroatoms. The van der Waals surface area contributed by atoms with Crippen molar-refractivity contribution in [1.82, 2.24) is 4.90 Å². The van der Waals surface area contributed by atoms with Gasteiger partial charge in [-0.3, -0.25) is 9.69 Å². The summed E-state index contributed by atoms with van der Waals surface area (Å²) in [5, 5.41) is 0. The molecule has 1 aromatic carbocycles. The first-order valence-electron chi connectivity index (χ1n) is 9.77. The minimum Gasteiger partial charge on any atom is -0.346 e. The zero-order valence-corrected chi connectivity index (χ0v) is 14.2. The van der Waals surface area contributed by atoms with E-state index in [-0.39, 0.29) is 5.92 Å². The van der Waals surface area contributed by atoms with Crippen LogP contribution in [-0.4, -0.2) is 17.4 Å². The molecule has 1 saturated heterocycles. The number of carbonyl (C=O) groups is 1. The third-order valence-corrected chi connectivity index (χ3v) is 7.91. The standard InChI is InChI=1S/C22H21NO2/c24-21-16-8-7-13-10-19(16)22(18-4-2-1-3-15(13)18)23(21)20-14-6-5-12(9-14)17(20)11-25-22/h1-6,12-14,16,19H,7-11H2. The molecule has 6 unspecified atom stereocenters. The Morgan fingerprint density at radius 3 is 2.92 bits per heavy atom. The molecule has 1 amide bonds. The lowest BCUT2D eigenvalue weighted by atomic mass is 9.62. The van der Waals surface area contributed by atoms with Gasteiger partial charge in [-0.15, -0.1) is 0 Å². The number of ether oxygens (including phenoxy) is 1. The minimum absolute atomic E-state index is 0.152. The van der Waals surface area contributed by atoms with Gasteiger partial charge in [0.25, 0.3) is 0 Å². The molecule has 1 aromatic rings. The number of nitrogens with zero attached hydrogens (tertiary/aromatic N) is 1. The summed E-state index contributed by atoms with van der Waals surface area (Å²) >= 11 is 0. The number of amides is 1. The molecule has 6 atom stereocenters. The van der Waals surface area contributed by atoms with Gasteiger partial charge in [-0.2, -0.15) is 0 Å². The smallest absolute Gasteiger partial charge is 0.232 e. The molecule has 4 bridgehead atoms. The molecule has 0 N–H and O–H groups in total. The largest absolute Gasteiger partial charge is 0.346 e. The van der Waals surface area contributed by atoms with E-state index in [4.69, 9.17) is 4.74 Å². The maximum absolute atomic E-state index is 13.6. The average Bonchev–Trinajstić information content (AvgIpc) is 3.34. The highest BCUT2D eigenvalue weighted by atomic mass is 16.5. The molecule has 0 radical (unpaired) electrons. The number of hydrogen-bond donors (Lipinski definition) is 0. The number of hydrogen-bond acceptors (Lipinski definition) is 2. The highest BCUT2D eigenvalue weighted by Gasteiger charge is 2.68. The summed E-state index contributed by atoms with van der Waals surface area (Å²) in [6.07, 6.45) is 9.07. The molecule has 2 aliphatic heterocycles. The maximum atomic E-state index is 13.6. The second-order valence-corrected chi connectivity index (χ2v) is 8.71.